The lowest BCUT2D eigenvalue weighted by molar-refractivity contribution is 0.211. The van der Waals surface area contributed by atoms with Crippen LogP contribution in [0.2, 0.25) is 0 Å². The molecule has 90 valence electrons. The molecule has 1 N–H and O–H groups in total. The van der Waals surface area contributed by atoms with Gasteiger partial charge in [0, 0.05) is 0 Å². The standard InChI is InChI=1S/C12H21N3O/c1-15-6-3-11(4-7-15)2-5-13-8-12-9-14-10-16-12/h9-11,13H,2-8H2,1H3. The summed E-state index contributed by atoms with van der Waals surface area (Å²) in [6, 6.07) is 0. The lowest BCUT2D eigenvalue weighted by Gasteiger charge is -2.28. The summed E-state index contributed by atoms with van der Waals surface area (Å²) in [5.74, 6) is 1.82. The molecule has 4 nitrogen and oxygen atoms in total. The van der Waals surface area contributed by atoms with Crippen LogP contribution >= 0.6 is 0 Å². The lowest BCUT2D eigenvalue weighted by Crippen LogP contribution is -2.31. The number of aromatic nitrogens is 1. The van der Waals surface area contributed by atoms with Gasteiger partial charge in [-0.1, -0.05) is 0 Å². The minimum atomic E-state index is 0.798. The number of rotatable bonds is 5. The second kappa shape index (κ2) is 6.01. The van der Waals surface area contributed by atoms with E-state index in [-0.39, 0.29) is 0 Å². The van der Waals surface area contributed by atoms with Gasteiger partial charge >= 0.3 is 0 Å². The van der Waals surface area contributed by atoms with Crippen molar-refractivity contribution < 1.29 is 4.42 Å². The third-order valence-corrected chi connectivity index (χ3v) is 3.35. The molecule has 2 heterocycles. The predicted octanol–water partition coefficient (Wildman–Crippen LogP) is 1.50. The number of nitrogens with zero attached hydrogens (tertiary/aromatic N) is 2. The summed E-state index contributed by atoms with van der Waals surface area (Å²) in [6.45, 7) is 4.39. The van der Waals surface area contributed by atoms with Crippen LogP contribution in [-0.2, 0) is 6.54 Å². The summed E-state index contributed by atoms with van der Waals surface area (Å²) >= 11 is 0. The van der Waals surface area contributed by atoms with Gasteiger partial charge in [-0.15, -0.1) is 0 Å². The summed E-state index contributed by atoms with van der Waals surface area (Å²) in [4.78, 5) is 6.30. The maximum Gasteiger partial charge on any atom is 0.180 e. The van der Waals surface area contributed by atoms with E-state index in [2.05, 4.69) is 22.2 Å². The largest absolute Gasteiger partial charge is 0.447 e. The Morgan fingerprint density at radius 1 is 1.50 bits per heavy atom. The quantitative estimate of drug-likeness (QED) is 0.768. The average molecular weight is 223 g/mol. The van der Waals surface area contributed by atoms with Gasteiger partial charge < -0.3 is 14.6 Å². The van der Waals surface area contributed by atoms with Crippen molar-refractivity contribution in [2.75, 3.05) is 26.7 Å². The van der Waals surface area contributed by atoms with Gasteiger partial charge in [-0.25, -0.2) is 4.98 Å². The molecule has 0 atom stereocenters. The van der Waals surface area contributed by atoms with Crippen LogP contribution in [0.25, 0.3) is 0 Å². The van der Waals surface area contributed by atoms with Gasteiger partial charge in [0.1, 0.15) is 5.76 Å². The monoisotopic (exact) mass is 223 g/mol. The first-order valence-electron chi connectivity index (χ1n) is 6.11. The zero-order valence-electron chi connectivity index (χ0n) is 9.98. The maximum absolute atomic E-state index is 5.16. The number of piperidine rings is 1. The first kappa shape index (κ1) is 11.6. The van der Waals surface area contributed by atoms with Crippen LogP contribution in [0.15, 0.2) is 17.0 Å². The van der Waals surface area contributed by atoms with Crippen molar-refractivity contribution in [2.45, 2.75) is 25.8 Å². The molecule has 4 heteroatoms. The van der Waals surface area contributed by atoms with E-state index >= 15 is 0 Å². The Morgan fingerprint density at radius 2 is 2.31 bits per heavy atom. The number of oxazole rings is 1. The van der Waals surface area contributed by atoms with Gasteiger partial charge in [-0.3, -0.25) is 0 Å². The third kappa shape index (κ3) is 3.61. The normalized spacial score (nSPS) is 19.1. The Kier molecular flexibility index (Phi) is 4.36. The van der Waals surface area contributed by atoms with E-state index in [1.54, 1.807) is 6.20 Å². The van der Waals surface area contributed by atoms with Crippen LogP contribution in [0.5, 0.6) is 0 Å². The molecule has 0 unspecified atom stereocenters. The number of hydrogen-bond donors (Lipinski definition) is 1. The fourth-order valence-electron chi connectivity index (χ4n) is 2.20. The second-order valence-electron chi connectivity index (χ2n) is 4.68. The highest BCUT2D eigenvalue weighted by atomic mass is 16.3. The molecule has 0 bridgehead atoms. The molecular weight excluding hydrogens is 202 g/mol. The van der Waals surface area contributed by atoms with Crippen molar-refractivity contribution in [2.24, 2.45) is 5.92 Å². The minimum Gasteiger partial charge on any atom is -0.447 e. The van der Waals surface area contributed by atoms with E-state index in [4.69, 9.17) is 4.42 Å². The van der Waals surface area contributed by atoms with E-state index in [0.717, 1.165) is 24.8 Å². The molecule has 0 radical (unpaired) electrons. The van der Waals surface area contributed by atoms with Crippen molar-refractivity contribution in [3.05, 3.63) is 18.4 Å². The highest BCUT2D eigenvalue weighted by Gasteiger charge is 2.15. The van der Waals surface area contributed by atoms with Crippen molar-refractivity contribution in [1.82, 2.24) is 15.2 Å². The lowest BCUT2D eigenvalue weighted by atomic mass is 9.94. The molecule has 1 aliphatic rings. The highest BCUT2D eigenvalue weighted by molar-refractivity contribution is 4.87. The van der Waals surface area contributed by atoms with E-state index in [0.29, 0.717) is 0 Å². The summed E-state index contributed by atoms with van der Waals surface area (Å²) in [6.07, 6.45) is 7.22. The molecule has 1 fully saturated rings. The van der Waals surface area contributed by atoms with Gasteiger partial charge in [0.05, 0.1) is 12.7 Å². The minimum absolute atomic E-state index is 0.798. The predicted molar refractivity (Wildman–Crippen MR) is 63.0 cm³/mol. The summed E-state index contributed by atoms with van der Waals surface area (Å²) in [5.41, 5.74) is 0. The molecule has 0 saturated carbocycles. The molecule has 16 heavy (non-hydrogen) atoms. The molecule has 1 saturated heterocycles. The average Bonchev–Trinajstić information content (AvgIpc) is 2.80. The SMILES string of the molecule is CN1CCC(CCNCc2cnco2)CC1. The third-order valence-electron chi connectivity index (χ3n) is 3.35. The van der Waals surface area contributed by atoms with Crippen LogP contribution in [0.3, 0.4) is 0 Å². The molecule has 2 rings (SSSR count). The summed E-state index contributed by atoms with van der Waals surface area (Å²) in [5, 5.41) is 3.40. The van der Waals surface area contributed by atoms with Gasteiger partial charge in [0.15, 0.2) is 6.39 Å². The molecule has 1 aromatic heterocycles. The number of nitrogens with one attached hydrogen (secondary N) is 1. The van der Waals surface area contributed by atoms with Crippen molar-refractivity contribution in [1.29, 1.82) is 0 Å². The summed E-state index contributed by atoms with van der Waals surface area (Å²) < 4.78 is 5.16. The van der Waals surface area contributed by atoms with Crippen molar-refractivity contribution in [3.8, 4) is 0 Å². The van der Waals surface area contributed by atoms with Gasteiger partial charge in [0.2, 0.25) is 0 Å². The fraction of sp³-hybridized carbons (Fsp3) is 0.750. The van der Waals surface area contributed by atoms with Crippen LogP contribution in [0.1, 0.15) is 25.0 Å². The molecule has 0 aromatic carbocycles. The molecule has 0 aliphatic carbocycles. The Balaban J connectivity index is 1.55. The highest BCUT2D eigenvalue weighted by Crippen LogP contribution is 2.18. The van der Waals surface area contributed by atoms with Crippen LogP contribution < -0.4 is 5.32 Å². The number of likely N-dealkylation sites (tertiary alicyclic amines) is 1. The zero-order chi connectivity index (χ0) is 11.2. The smallest absolute Gasteiger partial charge is 0.180 e. The Morgan fingerprint density at radius 3 is 3.00 bits per heavy atom. The van der Waals surface area contributed by atoms with Crippen LogP contribution in [0.4, 0.5) is 0 Å². The Bertz CT molecular complexity index is 278. The number of hydrogen-bond acceptors (Lipinski definition) is 4. The van der Waals surface area contributed by atoms with Gasteiger partial charge in [-0.2, -0.15) is 0 Å². The Labute approximate surface area is 97.0 Å². The van der Waals surface area contributed by atoms with Crippen molar-refractivity contribution >= 4 is 0 Å². The van der Waals surface area contributed by atoms with Gasteiger partial charge in [-0.05, 0) is 51.9 Å². The zero-order valence-corrected chi connectivity index (χ0v) is 9.98. The fourth-order valence-corrected chi connectivity index (χ4v) is 2.20. The topological polar surface area (TPSA) is 41.3 Å². The van der Waals surface area contributed by atoms with Crippen LogP contribution in [0, 0.1) is 5.92 Å². The molecule has 0 spiro atoms. The van der Waals surface area contributed by atoms with E-state index in [1.807, 2.05) is 0 Å². The van der Waals surface area contributed by atoms with E-state index in [9.17, 15) is 0 Å². The van der Waals surface area contributed by atoms with Gasteiger partial charge in [0.25, 0.3) is 0 Å². The van der Waals surface area contributed by atoms with E-state index in [1.165, 1.54) is 38.7 Å². The Hall–Kier alpha value is -0.870. The molecular formula is C12H21N3O. The summed E-state index contributed by atoms with van der Waals surface area (Å²) in [7, 11) is 2.21. The molecule has 1 aliphatic heterocycles. The van der Waals surface area contributed by atoms with Crippen LogP contribution in [-0.4, -0.2) is 36.6 Å². The molecule has 0 amide bonds. The first-order valence-corrected chi connectivity index (χ1v) is 6.11. The van der Waals surface area contributed by atoms with E-state index < -0.39 is 0 Å². The maximum atomic E-state index is 5.16. The first-order chi connectivity index (χ1) is 7.84. The second-order valence-corrected chi connectivity index (χ2v) is 4.68. The van der Waals surface area contributed by atoms with Crippen molar-refractivity contribution in [3.63, 3.8) is 0 Å². The molecule has 1 aromatic rings.